The van der Waals surface area contributed by atoms with Gasteiger partial charge in [0, 0.05) is 0 Å². The maximum absolute atomic E-state index is 3.84. The summed E-state index contributed by atoms with van der Waals surface area (Å²) in [6.45, 7) is 3.53. The van der Waals surface area contributed by atoms with E-state index in [1.165, 1.54) is 33.9 Å². The normalized spacial score (nSPS) is 12.3. The molecular formula is C8H19NP+. The third-order valence-corrected chi connectivity index (χ3v) is 2.57. The summed E-state index contributed by atoms with van der Waals surface area (Å²) < 4.78 is 1.12. The first-order chi connectivity index (χ1) is 4.62. The highest BCUT2D eigenvalue weighted by atomic mass is 31.1. The van der Waals surface area contributed by atoms with Gasteiger partial charge in [-0.1, -0.05) is 19.6 Å². The van der Waals surface area contributed by atoms with E-state index < -0.39 is 0 Å². The zero-order valence-corrected chi connectivity index (χ0v) is 8.32. The fourth-order valence-electron chi connectivity index (χ4n) is 0.928. The van der Waals surface area contributed by atoms with Crippen molar-refractivity contribution in [3.63, 3.8) is 0 Å². The molecule has 1 nitrogen and oxygen atoms in total. The Bertz CT molecular complexity index is 99.4. The van der Waals surface area contributed by atoms with E-state index in [-0.39, 0.29) is 0 Å². The smallest absolute Gasteiger partial charge is 0.119 e. The molecule has 0 bridgehead atoms. The number of hydrogen-bond acceptors (Lipinski definition) is 0. The Hall–Kier alpha value is 0.130. The summed E-state index contributed by atoms with van der Waals surface area (Å²) in [5.41, 5.74) is 0. The van der Waals surface area contributed by atoms with Gasteiger partial charge >= 0.3 is 0 Å². The van der Waals surface area contributed by atoms with Crippen LogP contribution in [-0.4, -0.2) is 37.7 Å². The molecule has 60 valence electrons. The van der Waals surface area contributed by atoms with Gasteiger partial charge in [0.15, 0.2) is 0 Å². The van der Waals surface area contributed by atoms with E-state index in [1.807, 2.05) is 0 Å². The van der Waals surface area contributed by atoms with Crippen molar-refractivity contribution in [2.24, 2.45) is 0 Å². The molecule has 0 rings (SSSR count). The van der Waals surface area contributed by atoms with E-state index in [4.69, 9.17) is 0 Å². The lowest BCUT2D eigenvalue weighted by atomic mass is 10.3. The molecule has 0 aromatic heterocycles. The fraction of sp³-hybridized carbons (Fsp3) is 0.875. The van der Waals surface area contributed by atoms with Gasteiger partial charge in [-0.05, 0) is 14.6 Å². The van der Waals surface area contributed by atoms with Gasteiger partial charge in [-0.2, -0.15) is 0 Å². The quantitative estimate of drug-likeness (QED) is 0.427. The van der Waals surface area contributed by atoms with Crippen LogP contribution in [0.2, 0.25) is 0 Å². The largest absolute Gasteiger partial charge is 0.322 e. The van der Waals surface area contributed by atoms with Gasteiger partial charge in [-0.25, -0.2) is 0 Å². The van der Waals surface area contributed by atoms with Crippen molar-refractivity contribution in [2.75, 3.05) is 26.9 Å². The Morgan fingerprint density at radius 2 is 2.00 bits per heavy atom. The minimum atomic E-state index is 1.12. The summed E-state index contributed by atoms with van der Waals surface area (Å²) in [7, 11) is 5.81. The van der Waals surface area contributed by atoms with Gasteiger partial charge in [-0.3, -0.25) is 0 Å². The van der Waals surface area contributed by atoms with E-state index in [0.29, 0.717) is 0 Å². The molecule has 0 saturated carbocycles. The first-order valence-corrected chi connectivity index (χ1v) is 5.13. The third kappa shape index (κ3) is 4.96. The second-order valence-electron chi connectivity index (χ2n) is 3.38. The maximum atomic E-state index is 3.84. The van der Waals surface area contributed by atoms with Crippen LogP contribution in [-0.2, 0) is 0 Å². The predicted octanol–water partition coefficient (Wildman–Crippen LogP) is 2.20. The molecule has 0 radical (unpaired) electrons. The van der Waals surface area contributed by atoms with Gasteiger partial charge in [0.1, 0.15) is 6.29 Å². The second-order valence-corrected chi connectivity index (χ2v) is 4.11. The topological polar surface area (TPSA) is 0 Å². The second kappa shape index (κ2) is 4.87. The van der Waals surface area contributed by atoms with E-state index >= 15 is 0 Å². The fourth-order valence-corrected chi connectivity index (χ4v) is 1.61. The van der Waals surface area contributed by atoms with Gasteiger partial charge in [0.05, 0.1) is 20.6 Å². The standard InChI is InChI=1S/C8H19NP/c1-5-6-7-9(2,3)8-10-4/h4-8H2,1-3H3/q+1. The average Bonchev–Trinajstić information content (AvgIpc) is 1.84. The zero-order valence-electron chi connectivity index (χ0n) is 7.43. The zero-order chi connectivity index (χ0) is 8.04. The summed E-state index contributed by atoms with van der Waals surface area (Å²) in [6, 6.07) is 0. The van der Waals surface area contributed by atoms with Crippen molar-refractivity contribution in [3.8, 4) is 0 Å². The lowest BCUT2D eigenvalue weighted by molar-refractivity contribution is -0.878. The lowest BCUT2D eigenvalue weighted by Crippen LogP contribution is -2.38. The van der Waals surface area contributed by atoms with Crippen LogP contribution in [0.15, 0.2) is 0 Å². The Morgan fingerprint density at radius 1 is 1.40 bits per heavy atom. The van der Waals surface area contributed by atoms with E-state index in [0.717, 1.165) is 4.48 Å². The minimum absolute atomic E-state index is 1.12. The van der Waals surface area contributed by atoms with Crippen molar-refractivity contribution in [2.45, 2.75) is 19.8 Å². The number of quaternary nitrogens is 1. The molecule has 0 heterocycles. The Balaban J connectivity index is 3.51. The Morgan fingerprint density at radius 3 is 2.40 bits per heavy atom. The molecule has 10 heavy (non-hydrogen) atoms. The van der Waals surface area contributed by atoms with Crippen LogP contribution in [0.3, 0.4) is 0 Å². The summed E-state index contributed by atoms with van der Waals surface area (Å²) in [6.07, 6.45) is 7.65. The van der Waals surface area contributed by atoms with Crippen molar-refractivity contribution in [1.29, 1.82) is 0 Å². The van der Waals surface area contributed by atoms with Crippen LogP contribution in [0.25, 0.3) is 0 Å². The van der Waals surface area contributed by atoms with Crippen molar-refractivity contribution in [1.82, 2.24) is 0 Å². The van der Waals surface area contributed by atoms with Crippen LogP contribution in [0.5, 0.6) is 0 Å². The molecule has 0 aliphatic carbocycles. The van der Waals surface area contributed by atoms with Crippen LogP contribution >= 0.6 is 8.20 Å². The van der Waals surface area contributed by atoms with Crippen molar-refractivity contribution < 1.29 is 4.48 Å². The van der Waals surface area contributed by atoms with Crippen molar-refractivity contribution in [3.05, 3.63) is 0 Å². The molecule has 0 aliphatic heterocycles. The SMILES string of the molecule is C=PC[N+](C)(C)CCCC. The molecule has 0 fully saturated rings. The molecule has 0 saturated heterocycles. The highest BCUT2D eigenvalue weighted by Crippen LogP contribution is 2.06. The summed E-state index contributed by atoms with van der Waals surface area (Å²) >= 11 is 0. The number of nitrogens with zero attached hydrogens (tertiary/aromatic N) is 1. The minimum Gasteiger partial charge on any atom is -0.322 e. The maximum Gasteiger partial charge on any atom is 0.119 e. The molecule has 0 aromatic carbocycles. The molecule has 0 spiro atoms. The first-order valence-electron chi connectivity index (χ1n) is 3.87. The van der Waals surface area contributed by atoms with Gasteiger partial charge < -0.3 is 4.48 Å². The number of unbranched alkanes of at least 4 members (excludes halogenated alkanes) is 1. The van der Waals surface area contributed by atoms with Gasteiger partial charge in [0.2, 0.25) is 0 Å². The predicted molar refractivity (Wildman–Crippen MR) is 50.8 cm³/mol. The average molecular weight is 160 g/mol. The first kappa shape index (κ1) is 10.1. The number of rotatable bonds is 5. The molecule has 0 N–H and O–H groups in total. The molecule has 0 aliphatic rings. The van der Waals surface area contributed by atoms with Crippen LogP contribution < -0.4 is 0 Å². The van der Waals surface area contributed by atoms with Crippen LogP contribution in [0, 0.1) is 0 Å². The van der Waals surface area contributed by atoms with Crippen LogP contribution in [0.4, 0.5) is 0 Å². The molecule has 2 heteroatoms. The van der Waals surface area contributed by atoms with E-state index in [2.05, 4.69) is 27.3 Å². The Labute approximate surface area is 66.4 Å². The van der Waals surface area contributed by atoms with Gasteiger partial charge in [0.25, 0.3) is 0 Å². The highest BCUT2D eigenvalue weighted by molar-refractivity contribution is 7.36. The van der Waals surface area contributed by atoms with E-state index in [9.17, 15) is 0 Å². The van der Waals surface area contributed by atoms with E-state index in [1.54, 1.807) is 0 Å². The van der Waals surface area contributed by atoms with Crippen molar-refractivity contribution >= 4 is 14.5 Å². The molecule has 0 unspecified atom stereocenters. The molecule has 0 amide bonds. The monoisotopic (exact) mass is 160 g/mol. The summed E-state index contributed by atoms with van der Waals surface area (Å²) in [5, 5.41) is 0. The summed E-state index contributed by atoms with van der Waals surface area (Å²) in [4.78, 5) is 0. The lowest BCUT2D eigenvalue weighted by Gasteiger charge is -2.27. The summed E-state index contributed by atoms with van der Waals surface area (Å²) in [5.74, 6) is 0. The molecule has 0 atom stereocenters. The van der Waals surface area contributed by atoms with Crippen LogP contribution in [0.1, 0.15) is 19.8 Å². The number of hydrogen-bond donors (Lipinski definition) is 0. The Kier molecular flexibility index (Phi) is 4.93. The highest BCUT2D eigenvalue weighted by Gasteiger charge is 2.10. The molecular weight excluding hydrogens is 141 g/mol. The third-order valence-electron chi connectivity index (χ3n) is 1.60. The van der Waals surface area contributed by atoms with Gasteiger partial charge in [-0.15, -0.1) is 0 Å². The molecule has 0 aromatic rings.